The number of benzene rings is 2. The molecule has 0 saturated heterocycles. The molecule has 0 spiro atoms. The quantitative estimate of drug-likeness (QED) is 0.734. The zero-order chi connectivity index (χ0) is 12.5. The highest BCUT2D eigenvalue weighted by molar-refractivity contribution is 5.89. The molecule has 0 saturated carbocycles. The summed E-state index contributed by atoms with van der Waals surface area (Å²) in [5.41, 5.74) is -0.0362. The van der Waals surface area contributed by atoms with Crippen LogP contribution >= 0.6 is 0 Å². The number of rotatable bonds is 1. The van der Waals surface area contributed by atoms with Crippen LogP contribution in [0, 0.1) is 11.3 Å². The van der Waals surface area contributed by atoms with E-state index >= 15 is 0 Å². The molecule has 0 fully saturated rings. The molecule has 0 aliphatic carbocycles. The number of halogens is 3. The summed E-state index contributed by atoms with van der Waals surface area (Å²) in [4.78, 5) is 0. The summed E-state index contributed by atoms with van der Waals surface area (Å²) in [6.07, 6.45) is -4.26. The van der Waals surface area contributed by atoms with Crippen LogP contribution in [0.2, 0.25) is 0 Å². The van der Waals surface area contributed by atoms with Crippen molar-refractivity contribution in [2.75, 3.05) is 0 Å². The van der Waals surface area contributed by atoms with Crippen LogP contribution in [0.4, 0.5) is 13.2 Å². The van der Waals surface area contributed by atoms with E-state index in [4.69, 9.17) is 5.26 Å². The lowest BCUT2D eigenvalue weighted by atomic mass is 9.98. The van der Waals surface area contributed by atoms with Gasteiger partial charge in [0.2, 0.25) is 0 Å². The number of nitriles is 1. The van der Waals surface area contributed by atoms with Crippen molar-refractivity contribution in [1.82, 2.24) is 0 Å². The van der Waals surface area contributed by atoms with E-state index in [2.05, 4.69) is 0 Å². The number of nitrogens with zero attached hydrogens (tertiary/aromatic N) is 1. The van der Waals surface area contributed by atoms with Gasteiger partial charge in [0, 0.05) is 0 Å². The molecule has 4 heteroatoms. The first kappa shape index (κ1) is 11.5. The SMILES string of the molecule is N#CCc1ccc(C(F)(F)F)c2ccccc12. The number of alkyl halides is 3. The molecule has 0 bridgehead atoms. The molecule has 0 heterocycles. The zero-order valence-electron chi connectivity index (χ0n) is 8.75. The summed E-state index contributed by atoms with van der Waals surface area (Å²) in [6.45, 7) is 0. The predicted molar refractivity (Wildman–Crippen MR) is 58.3 cm³/mol. The molecule has 0 amide bonds. The Bertz CT molecular complexity index is 594. The van der Waals surface area contributed by atoms with Gasteiger partial charge in [-0.2, -0.15) is 18.4 Å². The number of fused-ring (bicyclic) bond motifs is 1. The molecule has 2 aromatic carbocycles. The lowest BCUT2D eigenvalue weighted by Gasteiger charge is -2.12. The molecule has 0 aromatic heterocycles. The lowest BCUT2D eigenvalue weighted by molar-refractivity contribution is -0.136. The van der Waals surface area contributed by atoms with Crippen molar-refractivity contribution < 1.29 is 13.2 Å². The molecule has 2 rings (SSSR count). The van der Waals surface area contributed by atoms with Gasteiger partial charge in [0.15, 0.2) is 0 Å². The average molecular weight is 235 g/mol. The number of hydrogen-bond donors (Lipinski definition) is 0. The number of hydrogen-bond acceptors (Lipinski definition) is 1. The minimum atomic E-state index is -4.37. The van der Waals surface area contributed by atoms with E-state index in [0.29, 0.717) is 10.9 Å². The first-order valence-electron chi connectivity index (χ1n) is 4.99. The van der Waals surface area contributed by atoms with Gasteiger partial charge in [-0.1, -0.05) is 30.3 Å². The van der Waals surface area contributed by atoms with Gasteiger partial charge in [0.1, 0.15) is 0 Å². The van der Waals surface area contributed by atoms with Crippen molar-refractivity contribution in [3.8, 4) is 6.07 Å². The lowest BCUT2D eigenvalue weighted by Crippen LogP contribution is -2.06. The van der Waals surface area contributed by atoms with Crippen LogP contribution in [0.3, 0.4) is 0 Å². The molecule has 17 heavy (non-hydrogen) atoms. The highest BCUT2D eigenvalue weighted by Crippen LogP contribution is 2.35. The molecule has 0 aliphatic heterocycles. The zero-order valence-corrected chi connectivity index (χ0v) is 8.75. The van der Waals surface area contributed by atoms with Crippen LogP contribution in [0.5, 0.6) is 0 Å². The van der Waals surface area contributed by atoms with E-state index in [9.17, 15) is 13.2 Å². The molecule has 0 aliphatic rings. The van der Waals surface area contributed by atoms with Crippen molar-refractivity contribution in [1.29, 1.82) is 5.26 Å². The van der Waals surface area contributed by atoms with Gasteiger partial charge in [-0.3, -0.25) is 0 Å². The van der Waals surface area contributed by atoms with Crippen LogP contribution < -0.4 is 0 Å². The second kappa shape index (κ2) is 4.10. The third-order valence-electron chi connectivity index (χ3n) is 2.59. The minimum absolute atomic E-state index is 0.110. The third-order valence-corrected chi connectivity index (χ3v) is 2.59. The van der Waals surface area contributed by atoms with Gasteiger partial charge in [-0.15, -0.1) is 0 Å². The molecule has 0 atom stereocenters. The van der Waals surface area contributed by atoms with Crippen LogP contribution in [-0.4, -0.2) is 0 Å². The first-order chi connectivity index (χ1) is 8.04. The molecule has 2 aromatic rings. The van der Waals surface area contributed by atoms with Gasteiger partial charge >= 0.3 is 6.18 Å². The van der Waals surface area contributed by atoms with Crippen molar-refractivity contribution in [3.63, 3.8) is 0 Å². The molecule has 0 radical (unpaired) electrons. The van der Waals surface area contributed by atoms with Gasteiger partial charge < -0.3 is 0 Å². The van der Waals surface area contributed by atoms with E-state index in [1.165, 1.54) is 12.1 Å². The monoisotopic (exact) mass is 235 g/mol. The molecular formula is C13H8F3N. The Kier molecular flexibility index (Phi) is 2.76. The summed E-state index contributed by atoms with van der Waals surface area (Å²) in [5, 5.41) is 9.27. The fraction of sp³-hybridized carbons (Fsp3) is 0.154. The normalized spacial score (nSPS) is 11.4. The first-order valence-corrected chi connectivity index (χ1v) is 4.99. The standard InChI is InChI=1S/C13H8F3N/c14-13(15,16)12-6-5-9(7-8-17)10-3-1-2-4-11(10)12/h1-6H,7H2. The highest BCUT2D eigenvalue weighted by atomic mass is 19.4. The summed E-state index contributed by atoms with van der Waals surface area (Å²) in [6, 6.07) is 10.6. The van der Waals surface area contributed by atoms with E-state index in [0.717, 1.165) is 6.07 Å². The molecular weight excluding hydrogens is 227 g/mol. The topological polar surface area (TPSA) is 23.8 Å². The Morgan fingerprint density at radius 2 is 1.65 bits per heavy atom. The van der Waals surface area contributed by atoms with Crippen LogP contribution in [0.25, 0.3) is 10.8 Å². The van der Waals surface area contributed by atoms with Crippen LogP contribution in [0.1, 0.15) is 11.1 Å². The molecule has 1 nitrogen and oxygen atoms in total. The second-order valence-electron chi connectivity index (χ2n) is 3.65. The predicted octanol–water partition coefficient (Wildman–Crippen LogP) is 3.92. The Labute approximate surface area is 96.1 Å². The maximum atomic E-state index is 12.8. The van der Waals surface area contributed by atoms with Crippen molar-refractivity contribution in [2.24, 2.45) is 0 Å². The van der Waals surface area contributed by atoms with Gasteiger partial charge in [0.05, 0.1) is 18.1 Å². The van der Waals surface area contributed by atoms with E-state index in [1.807, 2.05) is 6.07 Å². The van der Waals surface area contributed by atoms with Crippen LogP contribution in [0.15, 0.2) is 36.4 Å². The summed E-state index contributed by atoms with van der Waals surface area (Å²) in [5.74, 6) is 0. The van der Waals surface area contributed by atoms with E-state index < -0.39 is 11.7 Å². The Morgan fingerprint density at radius 3 is 2.24 bits per heavy atom. The fourth-order valence-corrected chi connectivity index (χ4v) is 1.85. The second-order valence-corrected chi connectivity index (χ2v) is 3.65. The van der Waals surface area contributed by atoms with Gasteiger partial charge in [0.25, 0.3) is 0 Å². The maximum Gasteiger partial charge on any atom is 0.417 e. The molecule has 0 N–H and O–H groups in total. The summed E-state index contributed by atoms with van der Waals surface area (Å²) < 4.78 is 38.3. The van der Waals surface area contributed by atoms with Crippen LogP contribution in [-0.2, 0) is 12.6 Å². The van der Waals surface area contributed by atoms with Crippen molar-refractivity contribution >= 4 is 10.8 Å². The van der Waals surface area contributed by atoms with Gasteiger partial charge in [-0.05, 0) is 22.4 Å². The Balaban J connectivity index is 2.76. The Morgan fingerprint density at radius 1 is 1.00 bits per heavy atom. The fourth-order valence-electron chi connectivity index (χ4n) is 1.85. The van der Waals surface area contributed by atoms with E-state index in [-0.39, 0.29) is 11.8 Å². The van der Waals surface area contributed by atoms with Gasteiger partial charge in [-0.25, -0.2) is 0 Å². The average Bonchev–Trinajstić information content (AvgIpc) is 2.28. The minimum Gasteiger partial charge on any atom is -0.198 e. The summed E-state index contributed by atoms with van der Waals surface area (Å²) >= 11 is 0. The Hall–Kier alpha value is -2.02. The largest absolute Gasteiger partial charge is 0.417 e. The highest BCUT2D eigenvalue weighted by Gasteiger charge is 2.32. The van der Waals surface area contributed by atoms with E-state index in [1.54, 1.807) is 18.2 Å². The van der Waals surface area contributed by atoms with Crippen molar-refractivity contribution in [2.45, 2.75) is 12.6 Å². The third kappa shape index (κ3) is 2.09. The molecule has 0 unspecified atom stereocenters. The molecule has 86 valence electrons. The summed E-state index contributed by atoms with van der Waals surface area (Å²) in [7, 11) is 0. The van der Waals surface area contributed by atoms with Crippen molar-refractivity contribution in [3.05, 3.63) is 47.5 Å². The maximum absolute atomic E-state index is 12.8. The smallest absolute Gasteiger partial charge is 0.198 e.